The maximum atomic E-state index is 13.4. The smallest absolute Gasteiger partial charge is 0.242 e. The van der Waals surface area contributed by atoms with Gasteiger partial charge in [0, 0.05) is 51.1 Å². The first kappa shape index (κ1) is 26.5. The molecule has 11 heteroatoms. The molecule has 2 amide bonds. The van der Waals surface area contributed by atoms with E-state index in [4.69, 9.17) is 0 Å². The second kappa shape index (κ2) is 11.7. The average molecular weight is 538 g/mol. The van der Waals surface area contributed by atoms with Crippen LogP contribution in [-0.2, 0) is 26.0 Å². The number of carbonyl (C=O) groups excluding carboxylic acids is 2. The largest absolute Gasteiger partial charge is 0.326 e. The summed E-state index contributed by atoms with van der Waals surface area (Å²) in [7, 11) is -0.720. The Kier molecular flexibility index (Phi) is 8.37. The Labute approximate surface area is 220 Å². The van der Waals surface area contributed by atoms with Crippen molar-refractivity contribution in [3.63, 3.8) is 0 Å². The Morgan fingerprint density at radius 3 is 2.54 bits per heavy atom. The highest BCUT2D eigenvalue weighted by molar-refractivity contribution is 8.15. The summed E-state index contributed by atoms with van der Waals surface area (Å²) in [4.78, 5) is 36.6. The van der Waals surface area contributed by atoms with Gasteiger partial charge in [-0.25, -0.2) is 17.7 Å². The number of benzene rings is 2. The zero-order valence-corrected chi connectivity index (χ0v) is 22.1. The van der Waals surface area contributed by atoms with Gasteiger partial charge in [0.05, 0.1) is 10.6 Å². The Balaban J connectivity index is 1.58. The van der Waals surface area contributed by atoms with Crippen LogP contribution in [0.1, 0.15) is 12.1 Å². The molecule has 0 radical (unpaired) electrons. The number of nitrogens with one attached hydrogen (secondary N) is 1. The summed E-state index contributed by atoms with van der Waals surface area (Å²) in [5.41, 5.74) is 1.88. The molecule has 37 heavy (non-hydrogen) atoms. The quantitative estimate of drug-likeness (QED) is 0.447. The Bertz CT molecular complexity index is 1400. The van der Waals surface area contributed by atoms with Gasteiger partial charge in [-0.2, -0.15) is 0 Å². The van der Waals surface area contributed by atoms with E-state index in [0.29, 0.717) is 29.5 Å². The molecule has 0 aliphatic carbocycles. The van der Waals surface area contributed by atoms with Crippen LogP contribution >= 0.6 is 11.8 Å². The molecule has 1 atom stereocenters. The van der Waals surface area contributed by atoms with Gasteiger partial charge in [-0.1, -0.05) is 42.1 Å². The van der Waals surface area contributed by atoms with Crippen molar-refractivity contribution in [3.05, 3.63) is 84.7 Å². The zero-order chi connectivity index (χ0) is 26.4. The maximum absolute atomic E-state index is 13.4. The summed E-state index contributed by atoms with van der Waals surface area (Å²) in [6.45, 7) is 0.328. The second-order valence-electron chi connectivity index (χ2n) is 8.46. The van der Waals surface area contributed by atoms with Gasteiger partial charge in [0.25, 0.3) is 0 Å². The van der Waals surface area contributed by atoms with E-state index in [2.05, 4.69) is 15.3 Å². The minimum absolute atomic E-state index is 0.0213. The first-order chi connectivity index (χ1) is 17.7. The number of hydrogen-bond donors (Lipinski definition) is 1. The van der Waals surface area contributed by atoms with Crippen molar-refractivity contribution in [1.29, 1.82) is 0 Å². The molecule has 1 N–H and O–H groups in total. The molecule has 2 heterocycles. The Hall–Kier alpha value is -3.54. The van der Waals surface area contributed by atoms with Crippen molar-refractivity contribution in [2.45, 2.75) is 23.0 Å². The lowest BCUT2D eigenvalue weighted by Gasteiger charge is -2.16. The van der Waals surface area contributed by atoms with Crippen LogP contribution < -0.4 is 5.32 Å². The van der Waals surface area contributed by atoms with Crippen LogP contribution in [0.5, 0.6) is 0 Å². The van der Waals surface area contributed by atoms with Gasteiger partial charge in [0.1, 0.15) is 5.25 Å². The highest BCUT2D eigenvalue weighted by atomic mass is 32.2. The monoisotopic (exact) mass is 537 g/mol. The van der Waals surface area contributed by atoms with Gasteiger partial charge < -0.3 is 5.32 Å². The molecule has 2 aromatic carbocycles. The molecule has 1 aromatic heterocycles. The number of sulfonamides is 1. The molecule has 0 saturated carbocycles. The van der Waals surface area contributed by atoms with Crippen LogP contribution in [0.25, 0.3) is 0 Å². The zero-order valence-electron chi connectivity index (χ0n) is 20.4. The molecule has 9 nitrogen and oxygen atoms in total. The van der Waals surface area contributed by atoms with E-state index in [-0.39, 0.29) is 23.1 Å². The van der Waals surface area contributed by atoms with Gasteiger partial charge >= 0.3 is 0 Å². The predicted molar refractivity (Wildman–Crippen MR) is 145 cm³/mol. The number of para-hydroxylation sites is 1. The third-order valence-electron chi connectivity index (χ3n) is 5.59. The number of amides is 2. The van der Waals surface area contributed by atoms with E-state index >= 15 is 0 Å². The number of aliphatic imine (C=N–C) groups is 1. The van der Waals surface area contributed by atoms with Crippen molar-refractivity contribution in [3.8, 4) is 0 Å². The van der Waals surface area contributed by atoms with E-state index in [1.165, 1.54) is 38.0 Å². The highest BCUT2D eigenvalue weighted by Gasteiger charge is 2.39. The lowest BCUT2D eigenvalue weighted by molar-refractivity contribution is -0.128. The van der Waals surface area contributed by atoms with Crippen molar-refractivity contribution >= 4 is 50.1 Å². The first-order valence-electron chi connectivity index (χ1n) is 11.6. The summed E-state index contributed by atoms with van der Waals surface area (Å²) in [6, 6.07) is 20.9. The number of nitrogens with zero attached hydrogens (tertiary/aromatic N) is 4. The van der Waals surface area contributed by atoms with Crippen molar-refractivity contribution in [2.75, 3.05) is 26.0 Å². The highest BCUT2D eigenvalue weighted by Crippen LogP contribution is 2.32. The summed E-state index contributed by atoms with van der Waals surface area (Å²) in [6.07, 6.45) is 2.18. The number of hydrogen-bond acceptors (Lipinski definition) is 7. The summed E-state index contributed by atoms with van der Waals surface area (Å²) in [5, 5.41) is 2.58. The summed E-state index contributed by atoms with van der Waals surface area (Å²) < 4.78 is 26.3. The molecular formula is C26H27N5O4S2. The third kappa shape index (κ3) is 6.62. The van der Waals surface area contributed by atoms with Crippen LogP contribution in [0.2, 0.25) is 0 Å². The van der Waals surface area contributed by atoms with Crippen LogP contribution in [-0.4, -0.2) is 65.5 Å². The molecule has 0 spiro atoms. The van der Waals surface area contributed by atoms with Gasteiger partial charge in [-0.3, -0.25) is 19.5 Å². The fraction of sp³-hybridized carbons (Fsp3) is 0.231. The van der Waals surface area contributed by atoms with Crippen LogP contribution in [0.15, 0.2) is 88.9 Å². The number of amidine groups is 1. The number of rotatable bonds is 9. The van der Waals surface area contributed by atoms with Gasteiger partial charge in [-0.15, -0.1) is 0 Å². The van der Waals surface area contributed by atoms with Crippen molar-refractivity contribution in [1.82, 2.24) is 14.2 Å². The molecule has 1 fully saturated rings. The maximum Gasteiger partial charge on any atom is 0.242 e. The lowest BCUT2D eigenvalue weighted by Crippen LogP contribution is -2.35. The van der Waals surface area contributed by atoms with Gasteiger partial charge in [-0.05, 0) is 42.5 Å². The average Bonchev–Trinajstić information content (AvgIpc) is 3.17. The third-order valence-corrected chi connectivity index (χ3v) is 8.57. The minimum atomic E-state index is -3.64. The first-order valence-corrected chi connectivity index (χ1v) is 13.9. The molecule has 1 aliphatic rings. The van der Waals surface area contributed by atoms with E-state index < -0.39 is 15.3 Å². The number of thioether (sulfide) groups is 1. The molecule has 3 aromatic rings. The molecule has 192 valence electrons. The molecular weight excluding hydrogens is 510 g/mol. The van der Waals surface area contributed by atoms with Crippen LogP contribution in [0, 0.1) is 0 Å². The summed E-state index contributed by atoms with van der Waals surface area (Å²) >= 11 is 1.20. The Morgan fingerprint density at radius 1 is 1.08 bits per heavy atom. The van der Waals surface area contributed by atoms with E-state index in [9.17, 15) is 18.0 Å². The van der Waals surface area contributed by atoms with Gasteiger partial charge in [0.15, 0.2) is 5.17 Å². The predicted octanol–water partition coefficient (Wildman–Crippen LogP) is 3.53. The fourth-order valence-corrected chi connectivity index (χ4v) is 5.77. The van der Waals surface area contributed by atoms with Crippen LogP contribution in [0.3, 0.4) is 0 Å². The second-order valence-corrected chi connectivity index (χ2v) is 11.8. The van der Waals surface area contributed by atoms with Gasteiger partial charge in [0.2, 0.25) is 21.8 Å². The van der Waals surface area contributed by atoms with E-state index in [1.807, 2.05) is 36.4 Å². The topological polar surface area (TPSA) is 112 Å². The molecule has 0 bridgehead atoms. The number of pyridine rings is 1. The molecule has 0 unspecified atom stereocenters. The standard InChI is InChI=1S/C26H27N5O4S2/c1-30(2)37(34,35)22-13-8-12-21(17-22)29-26-31(16-14-19-9-6-7-15-27-19)25(33)23(36-26)18-24(32)28-20-10-4-3-5-11-20/h3-13,15,17,23H,14,16,18H2,1-2H3,(H,28,32)/t23-/m0/s1. The SMILES string of the molecule is CN(C)S(=O)(=O)c1cccc(N=C2S[C@@H](CC(=O)Nc3ccccc3)C(=O)N2CCc2ccccn2)c1. The van der Waals surface area contributed by atoms with Crippen LogP contribution in [0.4, 0.5) is 11.4 Å². The minimum Gasteiger partial charge on any atom is -0.326 e. The number of carbonyl (C=O) groups is 2. The molecule has 1 saturated heterocycles. The number of aromatic nitrogens is 1. The molecule has 1 aliphatic heterocycles. The van der Waals surface area contributed by atoms with E-state index in [1.54, 1.807) is 35.4 Å². The normalized spacial score (nSPS) is 16.9. The summed E-state index contributed by atoms with van der Waals surface area (Å²) in [5.74, 6) is -0.498. The fourth-order valence-electron chi connectivity index (χ4n) is 3.64. The Morgan fingerprint density at radius 2 is 1.84 bits per heavy atom. The van der Waals surface area contributed by atoms with Crippen molar-refractivity contribution in [2.24, 2.45) is 4.99 Å². The van der Waals surface area contributed by atoms with Crippen molar-refractivity contribution < 1.29 is 18.0 Å². The molecule has 4 rings (SSSR count). The lowest BCUT2D eigenvalue weighted by atomic mass is 10.2. The number of anilines is 1. The van der Waals surface area contributed by atoms with E-state index in [0.717, 1.165) is 10.00 Å².